The monoisotopic (exact) mass is 530 g/mol. The van der Waals surface area contributed by atoms with Gasteiger partial charge >= 0.3 is 0 Å². The Morgan fingerprint density at radius 2 is 1.84 bits per heavy atom. The smallest absolute Gasteiger partial charge is 0.266 e. The molecule has 1 amide bonds. The molecule has 196 valence electrons. The van der Waals surface area contributed by atoms with Crippen LogP contribution in [0.4, 0.5) is 5.69 Å². The molecule has 0 bridgehead atoms. The molecule has 3 aromatic rings. The third-order valence-corrected chi connectivity index (χ3v) is 7.43. The summed E-state index contributed by atoms with van der Waals surface area (Å²) in [4.78, 5) is 20.6. The molecule has 5 rings (SSSR count). The highest BCUT2D eigenvalue weighted by atomic mass is 32.2. The Kier molecular flexibility index (Phi) is 7.60. The van der Waals surface area contributed by atoms with Crippen LogP contribution in [0.1, 0.15) is 37.0 Å². The maximum atomic E-state index is 13.4. The molecule has 0 saturated carbocycles. The summed E-state index contributed by atoms with van der Waals surface area (Å²) < 4.78 is 22.5. The van der Waals surface area contributed by atoms with E-state index in [0.29, 0.717) is 28.2 Å². The Hall–Kier alpha value is -3.91. The summed E-state index contributed by atoms with van der Waals surface area (Å²) in [5, 5.41) is 0.690. The van der Waals surface area contributed by atoms with Crippen molar-refractivity contribution in [2.75, 3.05) is 13.9 Å². The third-order valence-electron chi connectivity index (χ3n) is 6.44. The zero-order chi connectivity index (χ0) is 26.6. The molecule has 8 heteroatoms. The summed E-state index contributed by atoms with van der Waals surface area (Å²) >= 11 is 1.39. The second-order valence-corrected chi connectivity index (χ2v) is 10.2. The van der Waals surface area contributed by atoms with Crippen molar-refractivity contribution in [2.45, 2.75) is 39.8 Å². The van der Waals surface area contributed by atoms with Crippen molar-refractivity contribution in [3.63, 3.8) is 0 Å². The molecule has 2 aliphatic heterocycles. The van der Waals surface area contributed by atoms with Crippen LogP contribution in [0.3, 0.4) is 0 Å². The first-order valence-corrected chi connectivity index (χ1v) is 13.3. The molecule has 2 aliphatic rings. The van der Waals surface area contributed by atoms with Gasteiger partial charge < -0.3 is 18.9 Å². The third kappa shape index (κ3) is 5.50. The Morgan fingerprint density at radius 3 is 2.61 bits per heavy atom. The van der Waals surface area contributed by atoms with Gasteiger partial charge in [-0.25, -0.2) is 4.99 Å². The molecule has 38 heavy (non-hydrogen) atoms. The molecule has 0 radical (unpaired) electrons. The second-order valence-electron chi connectivity index (χ2n) is 9.16. The summed E-state index contributed by atoms with van der Waals surface area (Å²) in [5.74, 6) is 2.61. The van der Waals surface area contributed by atoms with Crippen LogP contribution in [0.25, 0.3) is 6.08 Å². The molecular weight excluding hydrogens is 500 g/mol. The SMILES string of the molecule is CC[C@@H](C)N1C(=O)/C(=C\c2ccc(OCc3ccc4c(c3)OCO4)c(OC)c2)SC1=Nc1ccc(C)cc1. The number of aryl methyl sites for hydroxylation is 1. The van der Waals surface area contributed by atoms with Crippen molar-refractivity contribution in [3.8, 4) is 23.0 Å². The lowest BCUT2D eigenvalue weighted by atomic mass is 10.1. The molecule has 0 N–H and O–H groups in total. The molecule has 2 heterocycles. The molecule has 7 nitrogen and oxygen atoms in total. The van der Waals surface area contributed by atoms with Gasteiger partial charge in [0, 0.05) is 6.04 Å². The van der Waals surface area contributed by atoms with Crippen molar-refractivity contribution in [1.29, 1.82) is 0 Å². The predicted octanol–water partition coefficient (Wildman–Crippen LogP) is 6.71. The number of benzene rings is 3. The predicted molar refractivity (Wildman–Crippen MR) is 150 cm³/mol. The lowest BCUT2D eigenvalue weighted by molar-refractivity contribution is -0.123. The first-order valence-electron chi connectivity index (χ1n) is 12.5. The number of hydrogen-bond donors (Lipinski definition) is 0. The number of thioether (sulfide) groups is 1. The number of ether oxygens (including phenoxy) is 4. The van der Waals surface area contributed by atoms with E-state index in [0.717, 1.165) is 34.7 Å². The highest BCUT2D eigenvalue weighted by Crippen LogP contribution is 2.38. The number of amidine groups is 1. The van der Waals surface area contributed by atoms with Gasteiger partial charge in [0.1, 0.15) is 6.61 Å². The van der Waals surface area contributed by atoms with Crippen LogP contribution >= 0.6 is 11.8 Å². The lowest BCUT2D eigenvalue weighted by Crippen LogP contribution is -2.36. The second kappa shape index (κ2) is 11.2. The van der Waals surface area contributed by atoms with E-state index in [1.807, 2.05) is 80.6 Å². The van der Waals surface area contributed by atoms with Crippen LogP contribution in [0, 0.1) is 6.92 Å². The zero-order valence-electron chi connectivity index (χ0n) is 21.9. The van der Waals surface area contributed by atoms with Crippen molar-refractivity contribution >= 4 is 34.6 Å². The van der Waals surface area contributed by atoms with E-state index in [1.165, 1.54) is 17.3 Å². The van der Waals surface area contributed by atoms with Gasteiger partial charge in [0.2, 0.25) is 6.79 Å². The number of fused-ring (bicyclic) bond motifs is 1. The molecule has 1 atom stereocenters. The molecule has 0 spiro atoms. The number of aliphatic imine (C=N–C) groups is 1. The van der Waals surface area contributed by atoms with Crippen LogP contribution in [0.5, 0.6) is 23.0 Å². The van der Waals surface area contributed by atoms with E-state index in [2.05, 4.69) is 6.92 Å². The van der Waals surface area contributed by atoms with Gasteiger partial charge in [-0.1, -0.05) is 36.8 Å². The molecule has 0 aromatic heterocycles. The van der Waals surface area contributed by atoms with Gasteiger partial charge in [0.25, 0.3) is 5.91 Å². The molecule has 1 fully saturated rings. The van der Waals surface area contributed by atoms with E-state index in [1.54, 1.807) is 12.0 Å². The highest BCUT2D eigenvalue weighted by Gasteiger charge is 2.36. The summed E-state index contributed by atoms with van der Waals surface area (Å²) in [6, 6.07) is 19.4. The molecule has 1 saturated heterocycles. The molecule has 0 unspecified atom stereocenters. The highest BCUT2D eigenvalue weighted by molar-refractivity contribution is 8.18. The average molecular weight is 531 g/mol. The van der Waals surface area contributed by atoms with Crippen LogP contribution in [-0.4, -0.2) is 35.9 Å². The summed E-state index contributed by atoms with van der Waals surface area (Å²) in [5.41, 5.74) is 3.79. The van der Waals surface area contributed by atoms with Crippen LogP contribution in [0.2, 0.25) is 0 Å². The Labute approximate surface area is 227 Å². The summed E-state index contributed by atoms with van der Waals surface area (Å²) in [6.07, 6.45) is 2.71. The van der Waals surface area contributed by atoms with Crippen LogP contribution in [0.15, 0.2) is 70.6 Å². The van der Waals surface area contributed by atoms with E-state index in [9.17, 15) is 4.79 Å². The summed E-state index contributed by atoms with van der Waals surface area (Å²) in [7, 11) is 1.60. The maximum absolute atomic E-state index is 13.4. The largest absolute Gasteiger partial charge is 0.493 e. The molecule has 0 aliphatic carbocycles. The van der Waals surface area contributed by atoms with Crippen molar-refractivity contribution in [1.82, 2.24) is 4.90 Å². The Balaban J connectivity index is 1.36. The Morgan fingerprint density at radius 1 is 1.05 bits per heavy atom. The van der Waals surface area contributed by atoms with Gasteiger partial charge in [-0.15, -0.1) is 0 Å². The topological polar surface area (TPSA) is 69.6 Å². The normalized spacial score (nSPS) is 17.4. The number of rotatable bonds is 8. The van der Waals surface area contributed by atoms with Crippen LogP contribution in [-0.2, 0) is 11.4 Å². The van der Waals surface area contributed by atoms with Gasteiger partial charge in [0.05, 0.1) is 17.7 Å². The number of nitrogens with zero attached hydrogens (tertiary/aromatic N) is 2. The zero-order valence-corrected chi connectivity index (χ0v) is 22.7. The van der Waals surface area contributed by atoms with E-state index < -0.39 is 0 Å². The fourth-order valence-electron chi connectivity index (χ4n) is 4.10. The number of hydrogen-bond acceptors (Lipinski definition) is 7. The fraction of sp³-hybridized carbons (Fsp3) is 0.267. The minimum Gasteiger partial charge on any atom is -0.493 e. The van der Waals surface area contributed by atoms with E-state index in [-0.39, 0.29) is 18.7 Å². The quantitative estimate of drug-likeness (QED) is 0.301. The number of methoxy groups -OCH3 is 1. The summed E-state index contributed by atoms with van der Waals surface area (Å²) in [6.45, 7) is 6.74. The lowest BCUT2D eigenvalue weighted by Gasteiger charge is -2.22. The van der Waals surface area contributed by atoms with Gasteiger partial charge in [-0.2, -0.15) is 0 Å². The van der Waals surface area contributed by atoms with Gasteiger partial charge in [-0.05, 0) is 85.6 Å². The fourth-order valence-corrected chi connectivity index (χ4v) is 5.19. The average Bonchev–Trinajstić information content (AvgIpc) is 3.52. The first kappa shape index (κ1) is 25.7. The number of carbonyl (C=O) groups is 1. The maximum Gasteiger partial charge on any atom is 0.266 e. The molecular formula is C30H30N2O5S. The number of carbonyl (C=O) groups excluding carboxylic acids is 1. The van der Waals surface area contributed by atoms with Crippen molar-refractivity contribution in [3.05, 3.63) is 82.3 Å². The standard InChI is InChI=1S/C30H30N2O5S/c1-5-20(3)32-29(33)28(38-30(32)31-23-10-6-19(2)7-11-23)16-21-8-12-24(26(14-21)34-4)35-17-22-9-13-25-27(15-22)37-18-36-25/h6-16,20H,5,17-18H2,1-4H3/b28-16+,31-30?/t20-/m1/s1. The molecule has 3 aromatic carbocycles. The van der Waals surface area contributed by atoms with Crippen molar-refractivity contribution in [2.24, 2.45) is 4.99 Å². The van der Waals surface area contributed by atoms with Gasteiger partial charge in [0.15, 0.2) is 28.2 Å². The van der Waals surface area contributed by atoms with Crippen molar-refractivity contribution < 1.29 is 23.7 Å². The van der Waals surface area contributed by atoms with Gasteiger partial charge in [-0.3, -0.25) is 9.69 Å². The minimum absolute atomic E-state index is 0.0339. The Bertz CT molecular complexity index is 1400. The van der Waals surface area contributed by atoms with E-state index >= 15 is 0 Å². The van der Waals surface area contributed by atoms with E-state index in [4.69, 9.17) is 23.9 Å². The first-order chi connectivity index (χ1) is 18.4. The number of amides is 1. The van der Waals surface area contributed by atoms with Crippen LogP contribution < -0.4 is 18.9 Å². The minimum atomic E-state index is -0.0442.